The van der Waals surface area contributed by atoms with Gasteiger partial charge in [-0.25, -0.2) is 13.8 Å². The van der Waals surface area contributed by atoms with E-state index >= 15 is 0 Å². The summed E-state index contributed by atoms with van der Waals surface area (Å²) in [5.41, 5.74) is 3.58. The quantitative estimate of drug-likeness (QED) is 0.402. The van der Waals surface area contributed by atoms with E-state index in [2.05, 4.69) is 10.5 Å². The number of nitrogens with one attached hydrogen (secondary N) is 1. The molecule has 9 heteroatoms. The van der Waals surface area contributed by atoms with Crippen LogP contribution in [0.15, 0.2) is 58.5 Å². The van der Waals surface area contributed by atoms with Crippen LogP contribution in [0.25, 0.3) is 0 Å². The van der Waals surface area contributed by atoms with Crippen molar-refractivity contribution >= 4 is 39.6 Å². The van der Waals surface area contributed by atoms with Crippen LogP contribution in [0.2, 0.25) is 0 Å². The minimum absolute atomic E-state index is 0.364. The van der Waals surface area contributed by atoms with Gasteiger partial charge in [-0.3, -0.25) is 9.10 Å². The summed E-state index contributed by atoms with van der Waals surface area (Å²) < 4.78 is 30.7. The molecule has 0 radical (unpaired) electrons. The fraction of sp³-hybridized carbons (Fsp3) is 0.263. The molecule has 150 valence electrons. The molecule has 0 heterocycles. The number of methoxy groups -OCH3 is 1. The highest BCUT2D eigenvalue weighted by Crippen LogP contribution is 2.23. The van der Waals surface area contributed by atoms with Gasteiger partial charge in [0.05, 0.1) is 25.3 Å². The molecule has 0 unspecified atom stereocenters. The Bertz CT molecular complexity index is 927. The first-order valence-electron chi connectivity index (χ1n) is 8.36. The molecule has 1 atom stereocenters. The Morgan fingerprint density at radius 1 is 1.18 bits per heavy atom. The average molecular weight is 422 g/mol. The smallest absolute Gasteiger partial charge is 0.263 e. The van der Waals surface area contributed by atoms with Gasteiger partial charge in [0, 0.05) is 4.90 Å². The van der Waals surface area contributed by atoms with Crippen molar-refractivity contribution in [3.63, 3.8) is 0 Å². The molecule has 0 aliphatic rings. The maximum absolute atomic E-state index is 12.5. The van der Waals surface area contributed by atoms with Crippen LogP contribution in [0.3, 0.4) is 0 Å². The predicted octanol–water partition coefficient (Wildman–Crippen LogP) is 2.72. The Morgan fingerprint density at radius 2 is 1.79 bits per heavy atom. The maximum Gasteiger partial charge on any atom is 0.263 e. The van der Waals surface area contributed by atoms with Crippen molar-refractivity contribution in [3.05, 3.63) is 54.1 Å². The highest BCUT2D eigenvalue weighted by Gasteiger charge is 2.29. The number of benzene rings is 2. The van der Waals surface area contributed by atoms with Gasteiger partial charge >= 0.3 is 0 Å². The summed E-state index contributed by atoms with van der Waals surface area (Å²) in [6.45, 7) is 1.50. The number of hydrazone groups is 1. The van der Waals surface area contributed by atoms with Gasteiger partial charge in [-0.15, -0.1) is 11.8 Å². The zero-order chi connectivity index (χ0) is 20.7. The Hall–Kier alpha value is -2.52. The first-order valence-corrected chi connectivity index (χ1v) is 11.4. The lowest BCUT2D eigenvalue weighted by Crippen LogP contribution is -2.46. The molecule has 0 aliphatic carbocycles. The minimum Gasteiger partial charge on any atom is -0.497 e. The third kappa shape index (κ3) is 5.74. The number of rotatable bonds is 8. The molecule has 0 spiro atoms. The largest absolute Gasteiger partial charge is 0.497 e. The number of thioether (sulfide) groups is 1. The highest BCUT2D eigenvalue weighted by molar-refractivity contribution is 7.98. The van der Waals surface area contributed by atoms with Crippen molar-refractivity contribution < 1.29 is 17.9 Å². The normalized spacial score (nSPS) is 12.6. The lowest BCUT2D eigenvalue weighted by Gasteiger charge is -2.27. The summed E-state index contributed by atoms with van der Waals surface area (Å²) >= 11 is 1.63. The first-order chi connectivity index (χ1) is 13.3. The van der Waals surface area contributed by atoms with E-state index in [0.717, 1.165) is 21.0 Å². The Morgan fingerprint density at radius 3 is 2.29 bits per heavy atom. The molecule has 0 saturated carbocycles. The second-order valence-corrected chi connectivity index (χ2v) is 8.68. The highest BCUT2D eigenvalue weighted by atomic mass is 32.2. The molecule has 0 bridgehead atoms. The monoisotopic (exact) mass is 421 g/mol. The van der Waals surface area contributed by atoms with E-state index in [0.29, 0.717) is 11.4 Å². The van der Waals surface area contributed by atoms with Crippen LogP contribution >= 0.6 is 11.8 Å². The van der Waals surface area contributed by atoms with E-state index in [1.165, 1.54) is 20.2 Å². The van der Waals surface area contributed by atoms with Gasteiger partial charge in [0.2, 0.25) is 10.0 Å². The van der Waals surface area contributed by atoms with Gasteiger partial charge in [-0.2, -0.15) is 5.10 Å². The summed E-state index contributed by atoms with van der Waals surface area (Å²) in [4.78, 5) is 13.6. The maximum atomic E-state index is 12.5. The summed E-state index contributed by atoms with van der Waals surface area (Å²) in [5.74, 6) is 0.0459. The van der Waals surface area contributed by atoms with Crippen LogP contribution < -0.4 is 14.5 Å². The molecular formula is C19H23N3O4S2. The van der Waals surface area contributed by atoms with Crippen molar-refractivity contribution in [1.82, 2.24) is 5.43 Å². The van der Waals surface area contributed by atoms with E-state index in [9.17, 15) is 13.2 Å². The SMILES string of the molecule is COc1ccc(N([C@@H](C)C(=O)N/N=C\c2ccc(SC)cc2)S(C)(=O)=O)cc1. The molecule has 0 aliphatic heterocycles. The lowest BCUT2D eigenvalue weighted by atomic mass is 10.2. The molecule has 28 heavy (non-hydrogen) atoms. The zero-order valence-electron chi connectivity index (χ0n) is 16.1. The molecular weight excluding hydrogens is 398 g/mol. The van der Waals surface area contributed by atoms with Gasteiger partial charge in [0.1, 0.15) is 11.8 Å². The lowest BCUT2D eigenvalue weighted by molar-refractivity contribution is -0.121. The summed E-state index contributed by atoms with van der Waals surface area (Å²) in [6, 6.07) is 13.1. The van der Waals surface area contributed by atoms with Crippen LogP contribution in [-0.4, -0.2) is 46.2 Å². The Balaban J connectivity index is 2.13. The number of sulfonamides is 1. The summed E-state index contributed by atoms with van der Waals surface area (Å²) in [5, 5.41) is 3.93. The number of hydrogen-bond donors (Lipinski definition) is 1. The van der Waals surface area contributed by atoms with Crippen LogP contribution in [0.4, 0.5) is 5.69 Å². The van der Waals surface area contributed by atoms with E-state index in [-0.39, 0.29) is 0 Å². The van der Waals surface area contributed by atoms with E-state index in [1.54, 1.807) is 36.0 Å². The number of hydrogen-bond acceptors (Lipinski definition) is 6. The third-order valence-corrected chi connectivity index (χ3v) is 5.90. The van der Waals surface area contributed by atoms with Crippen molar-refractivity contribution in [2.45, 2.75) is 17.9 Å². The van der Waals surface area contributed by atoms with Gasteiger partial charge in [0.15, 0.2) is 0 Å². The first kappa shape index (κ1) is 21.8. The van der Waals surface area contributed by atoms with Gasteiger partial charge < -0.3 is 4.74 Å². The molecule has 0 fully saturated rings. The van der Waals surface area contributed by atoms with Crippen LogP contribution in [0.5, 0.6) is 5.75 Å². The topological polar surface area (TPSA) is 88.1 Å². The molecule has 2 aromatic rings. The van der Waals surface area contributed by atoms with Gasteiger partial charge in [-0.1, -0.05) is 12.1 Å². The fourth-order valence-corrected chi connectivity index (χ4v) is 4.07. The van der Waals surface area contributed by atoms with Crippen LogP contribution in [-0.2, 0) is 14.8 Å². The zero-order valence-corrected chi connectivity index (χ0v) is 17.8. The number of carbonyl (C=O) groups excluding carboxylic acids is 1. The van der Waals surface area contributed by atoms with Gasteiger partial charge in [-0.05, 0) is 55.1 Å². The fourth-order valence-electron chi connectivity index (χ4n) is 2.49. The van der Waals surface area contributed by atoms with Gasteiger partial charge in [0.25, 0.3) is 5.91 Å². The van der Waals surface area contributed by atoms with Crippen LogP contribution in [0.1, 0.15) is 12.5 Å². The second kappa shape index (κ2) is 9.61. The number of nitrogens with zero attached hydrogens (tertiary/aromatic N) is 2. The van der Waals surface area contributed by atoms with E-state index < -0.39 is 22.0 Å². The molecule has 0 saturated heterocycles. The number of amides is 1. The third-order valence-electron chi connectivity index (χ3n) is 3.92. The molecule has 0 aromatic heterocycles. The molecule has 7 nitrogen and oxygen atoms in total. The van der Waals surface area contributed by atoms with E-state index in [4.69, 9.17) is 4.74 Å². The Kier molecular flexibility index (Phi) is 7.47. The molecule has 1 N–H and O–H groups in total. The standard InChI is InChI=1S/C19H23N3O4S2/c1-14(19(23)21-20-13-15-5-11-18(27-3)12-6-15)22(28(4,24)25)16-7-9-17(26-2)10-8-16/h5-14H,1-4H3,(H,21,23)/b20-13-/t14-/m0/s1. The average Bonchev–Trinajstić information content (AvgIpc) is 2.68. The summed E-state index contributed by atoms with van der Waals surface area (Å²) in [7, 11) is -2.17. The Labute approximate surface area is 169 Å². The minimum atomic E-state index is -3.69. The summed E-state index contributed by atoms with van der Waals surface area (Å²) in [6.07, 6.45) is 4.55. The van der Waals surface area contributed by atoms with Crippen molar-refractivity contribution in [1.29, 1.82) is 0 Å². The van der Waals surface area contributed by atoms with Crippen molar-refractivity contribution in [3.8, 4) is 5.75 Å². The van der Waals surface area contributed by atoms with Crippen molar-refractivity contribution in [2.24, 2.45) is 5.10 Å². The van der Waals surface area contributed by atoms with Crippen LogP contribution in [0, 0.1) is 0 Å². The molecule has 1 amide bonds. The number of carbonyl (C=O) groups is 1. The van der Waals surface area contributed by atoms with E-state index in [1.807, 2.05) is 30.5 Å². The van der Waals surface area contributed by atoms with Crippen molar-refractivity contribution in [2.75, 3.05) is 23.9 Å². The second-order valence-electron chi connectivity index (χ2n) is 5.94. The molecule has 2 aromatic carbocycles. The number of anilines is 1. The predicted molar refractivity (Wildman–Crippen MR) is 114 cm³/mol. The molecule has 2 rings (SSSR count). The number of ether oxygens (including phenoxy) is 1.